The van der Waals surface area contributed by atoms with Gasteiger partial charge in [0.15, 0.2) is 6.29 Å². The summed E-state index contributed by atoms with van der Waals surface area (Å²) in [6, 6.07) is 9.59. The first-order valence-corrected chi connectivity index (χ1v) is 4.08. The molecule has 70 valence electrons. The van der Waals surface area contributed by atoms with Crippen LogP contribution in [0.1, 0.15) is 5.56 Å². The zero-order valence-electron chi connectivity index (χ0n) is 7.22. The molecule has 0 saturated carbocycles. The molecule has 0 spiro atoms. The van der Waals surface area contributed by atoms with Gasteiger partial charge in [0.2, 0.25) is 0 Å². The fourth-order valence-corrected chi connectivity index (χ4v) is 0.911. The van der Waals surface area contributed by atoms with E-state index in [2.05, 4.69) is 0 Å². The van der Waals surface area contributed by atoms with Crippen LogP contribution in [0.3, 0.4) is 0 Å². The van der Waals surface area contributed by atoms with Gasteiger partial charge >= 0.3 is 0 Å². The number of aldehydes is 1. The van der Waals surface area contributed by atoms with Gasteiger partial charge < -0.3 is 14.6 Å². The van der Waals surface area contributed by atoms with Gasteiger partial charge in [-0.2, -0.15) is 0 Å². The van der Waals surface area contributed by atoms with Gasteiger partial charge in [-0.1, -0.05) is 30.3 Å². The fraction of sp³-hybridized carbons (Fsp3) is 0.300. The molecular weight excluding hydrogens is 168 g/mol. The molecule has 0 unspecified atom stereocenters. The van der Waals surface area contributed by atoms with Crippen molar-refractivity contribution < 1.29 is 14.6 Å². The number of carbonyl (C=O) groups is 1. The van der Waals surface area contributed by atoms with E-state index in [0.29, 0.717) is 12.9 Å². The van der Waals surface area contributed by atoms with Gasteiger partial charge in [0, 0.05) is 0 Å². The molecule has 3 heteroatoms. The largest absolute Gasteiger partial charge is 0.383 e. The Morgan fingerprint density at radius 2 is 2.08 bits per heavy atom. The van der Waals surface area contributed by atoms with Crippen molar-refractivity contribution >= 4 is 6.29 Å². The van der Waals surface area contributed by atoms with Crippen LogP contribution in [-0.2, 0) is 16.1 Å². The van der Waals surface area contributed by atoms with Crippen molar-refractivity contribution in [3.05, 3.63) is 35.9 Å². The number of hydrogen-bond acceptors (Lipinski definition) is 3. The third-order valence-corrected chi connectivity index (χ3v) is 1.56. The topological polar surface area (TPSA) is 46.5 Å². The van der Waals surface area contributed by atoms with Gasteiger partial charge in [-0.15, -0.1) is 0 Å². The van der Waals surface area contributed by atoms with E-state index in [1.807, 2.05) is 30.3 Å². The summed E-state index contributed by atoms with van der Waals surface area (Å²) < 4.78 is 5.09. The Bertz CT molecular complexity index is 246. The average molecular weight is 180 g/mol. The number of aliphatic hydroxyl groups is 1. The molecule has 0 aliphatic carbocycles. The van der Waals surface area contributed by atoms with E-state index >= 15 is 0 Å². The lowest BCUT2D eigenvalue weighted by Gasteiger charge is -2.04. The van der Waals surface area contributed by atoms with Gasteiger partial charge in [0.1, 0.15) is 6.10 Å². The molecule has 0 bridgehead atoms. The number of ether oxygens (including phenoxy) is 1. The first-order valence-electron chi connectivity index (χ1n) is 4.08. The molecule has 1 aromatic carbocycles. The summed E-state index contributed by atoms with van der Waals surface area (Å²) in [5, 5.41) is 8.84. The second-order valence-corrected chi connectivity index (χ2v) is 2.70. The van der Waals surface area contributed by atoms with Crippen molar-refractivity contribution in [2.24, 2.45) is 0 Å². The van der Waals surface area contributed by atoms with Crippen molar-refractivity contribution in [1.82, 2.24) is 0 Å². The zero-order chi connectivity index (χ0) is 9.52. The summed E-state index contributed by atoms with van der Waals surface area (Å²) in [5.41, 5.74) is 1.03. The van der Waals surface area contributed by atoms with E-state index in [1.165, 1.54) is 0 Å². The Kier molecular flexibility index (Phi) is 4.15. The van der Waals surface area contributed by atoms with Crippen molar-refractivity contribution in [3.63, 3.8) is 0 Å². The summed E-state index contributed by atoms with van der Waals surface area (Å²) in [4.78, 5) is 10.0. The molecule has 1 N–H and O–H groups in total. The van der Waals surface area contributed by atoms with Crippen molar-refractivity contribution in [2.45, 2.75) is 12.7 Å². The number of hydrogen-bond donors (Lipinski definition) is 1. The lowest BCUT2D eigenvalue weighted by atomic mass is 10.2. The first-order chi connectivity index (χ1) is 6.33. The molecule has 0 amide bonds. The zero-order valence-corrected chi connectivity index (χ0v) is 7.22. The molecule has 1 atom stereocenters. The highest BCUT2D eigenvalue weighted by atomic mass is 16.5. The standard InChI is InChI=1S/C10H12O3/c11-6-10(12)8-13-7-9-4-2-1-3-5-9/h1-6,10,12H,7-8H2/t10-/m1/s1. The molecule has 0 aliphatic heterocycles. The van der Waals surface area contributed by atoms with Crippen molar-refractivity contribution in [2.75, 3.05) is 6.61 Å². The molecule has 13 heavy (non-hydrogen) atoms. The number of aliphatic hydroxyl groups excluding tert-OH is 1. The molecule has 3 nitrogen and oxygen atoms in total. The predicted molar refractivity (Wildman–Crippen MR) is 48.2 cm³/mol. The molecule has 1 rings (SSSR count). The van der Waals surface area contributed by atoms with Crippen LogP contribution in [0.5, 0.6) is 0 Å². The van der Waals surface area contributed by atoms with E-state index in [-0.39, 0.29) is 6.61 Å². The third-order valence-electron chi connectivity index (χ3n) is 1.56. The fourth-order valence-electron chi connectivity index (χ4n) is 0.911. The molecule has 0 aliphatic rings. The maximum Gasteiger partial charge on any atom is 0.150 e. The minimum Gasteiger partial charge on any atom is -0.383 e. The molecule has 0 fully saturated rings. The monoisotopic (exact) mass is 180 g/mol. The second-order valence-electron chi connectivity index (χ2n) is 2.70. The van der Waals surface area contributed by atoms with E-state index in [0.717, 1.165) is 5.56 Å². The van der Waals surface area contributed by atoms with Crippen LogP contribution in [-0.4, -0.2) is 24.1 Å². The van der Waals surface area contributed by atoms with Crippen molar-refractivity contribution in [3.8, 4) is 0 Å². The first kappa shape index (κ1) is 9.89. The molecule has 0 heterocycles. The van der Waals surface area contributed by atoms with Gasteiger partial charge in [0.05, 0.1) is 13.2 Å². The normalized spacial score (nSPS) is 12.4. The summed E-state index contributed by atoms with van der Waals surface area (Å²) in [6.07, 6.45) is -0.547. The Hall–Kier alpha value is -1.19. The SMILES string of the molecule is O=C[C@@H](O)COCc1ccccc1. The second kappa shape index (κ2) is 5.45. The third kappa shape index (κ3) is 3.83. The summed E-state index contributed by atoms with van der Waals surface area (Å²) >= 11 is 0. The molecule has 1 aromatic rings. The summed E-state index contributed by atoms with van der Waals surface area (Å²) in [5.74, 6) is 0. The predicted octanol–water partition coefficient (Wildman–Crippen LogP) is 0.763. The van der Waals surface area contributed by atoms with Crippen molar-refractivity contribution in [1.29, 1.82) is 0 Å². The van der Waals surface area contributed by atoms with Gasteiger partial charge in [-0.3, -0.25) is 0 Å². The lowest BCUT2D eigenvalue weighted by Crippen LogP contribution is -2.16. The highest BCUT2D eigenvalue weighted by Crippen LogP contribution is 2.00. The lowest BCUT2D eigenvalue weighted by molar-refractivity contribution is -0.118. The quantitative estimate of drug-likeness (QED) is 0.680. The van der Waals surface area contributed by atoms with Crippen LogP contribution in [0.15, 0.2) is 30.3 Å². The van der Waals surface area contributed by atoms with Crippen LogP contribution >= 0.6 is 0 Å². The van der Waals surface area contributed by atoms with Crippen LogP contribution < -0.4 is 0 Å². The maximum absolute atomic E-state index is 10.0. The Morgan fingerprint density at radius 1 is 1.38 bits per heavy atom. The van der Waals surface area contributed by atoms with E-state index in [4.69, 9.17) is 9.84 Å². The Labute approximate surface area is 77.0 Å². The Morgan fingerprint density at radius 3 is 2.69 bits per heavy atom. The summed E-state index contributed by atoms with van der Waals surface area (Å²) in [6.45, 7) is 0.476. The van der Waals surface area contributed by atoms with Gasteiger partial charge in [-0.05, 0) is 5.56 Å². The van der Waals surface area contributed by atoms with E-state index in [1.54, 1.807) is 0 Å². The summed E-state index contributed by atoms with van der Waals surface area (Å²) in [7, 11) is 0. The molecular formula is C10H12O3. The van der Waals surface area contributed by atoms with E-state index in [9.17, 15) is 4.79 Å². The number of benzene rings is 1. The molecule has 0 aromatic heterocycles. The minimum absolute atomic E-state index is 0.0540. The van der Waals surface area contributed by atoms with Crippen LogP contribution in [0.4, 0.5) is 0 Å². The van der Waals surface area contributed by atoms with Gasteiger partial charge in [0.25, 0.3) is 0 Å². The Balaban J connectivity index is 2.24. The van der Waals surface area contributed by atoms with Gasteiger partial charge in [-0.25, -0.2) is 0 Å². The minimum atomic E-state index is -1.01. The smallest absolute Gasteiger partial charge is 0.150 e. The maximum atomic E-state index is 10.0. The van der Waals surface area contributed by atoms with Crippen LogP contribution in [0.25, 0.3) is 0 Å². The van der Waals surface area contributed by atoms with Crippen LogP contribution in [0.2, 0.25) is 0 Å². The van der Waals surface area contributed by atoms with E-state index < -0.39 is 6.10 Å². The number of rotatable bonds is 5. The molecule has 0 saturated heterocycles. The highest BCUT2D eigenvalue weighted by molar-refractivity contribution is 5.55. The molecule has 0 radical (unpaired) electrons. The highest BCUT2D eigenvalue weighted by Gasteiger charge is 2.00. The number of carbonyl (C=O) groups excluding carboxylic acids is 1. The van der Waals surface area contributed by atoms with Crippen LogP contribution in [0, 0.1) is 0 Å². The average Bonchev–Trinajstić information content (AvgIpc) is 2.19.